The summed E-state index contributed by atoms with van der Waals surface area (Å²) in [5.74, 6) is 0.353. The van der Waals surface area contributed by atoms with E-state index in [0.29, 0.717) is 44.4 Å². The molecule has 0 spiro atoms. The van der Waals surface area contributed by atoms with Crippen LogP contribution in [0.1, 0.15) is 11.1 Å². The van der Waals surface area contributed by atoms with Crippen molar-refractivity contribution in [2.45, 2.75) is 6.61 Å². The molecule has 0 heterocycles. The Hall–Kier alpha value is -3.17. The standard InChI is InChI=1S/C24H17Cl3N2O3/c1-31-23-11-15(5-8-22(23)32-14-16-3-2-4-18(25)10-16)9-17(13-28)24(30)29-21-12-19(26)6-7-20(21)27/h2-12H,14H2,1H3,(H,29,30)/b17-9+. The molecule has 0 fully saturated rings. The average Bonchev–Trinajstić information content (AvgIpc) is 2.78. The largest absolute Gasteiger partial charge is 0.493 e. The van der Waals surface area contributed by atoms with Crippen molar-refractivity contribution in [2.24, 2.45) is 0 Å². The molecule has 0 saturated carbocycles. The molecule has 0 aliphatic carbocycles. The van der Waals surface area contributed by atoms with Crippen LogP contribution in [0.2, 0.25) is 15.1 Å². The van der Waals surface area contributed by atoms with Gasteiger partial charge in [0.2, 0.25) is 0 Å². The monoisotopic (exact) mass is 486 g/mol. The Morgan fingerprint density at radius 3 is 2.53 bits per heavy atom. The summed E-state index contributed by atoms with van der Waals surface area (Å²) >= 11 is 18.0. The number of nitrogens with one attached hydrogen (secondary N) is 1. The van der Waals surface area contributed by atoms with Gasteiger partial charge in [-0.1, -0.05) is 53.0 Å². The zero-order valence-corrected chi connectivity index (χ0v) is 19.1. The van der Waals surface area contributed by atoms with Gasteiger partial charge in [0.25, 0.3) is 5.91 Å². The SMILES string of the molecule is COc1cc(/C=C(\C#N)C(=O)Nc2cc(Cl)ccc2Cl)ccc1OCc1cccc(Cl)c1. The van der Waals surface area contributed by atoms with E-state index >= 15 is 0 Å². The fourth-order valence-electron chi connectivity index (χ4n) is 2.78. The van der Waals surface area contributed by atoms with E-state index in [1.807, 2.05) is 24.3 Å². The van der Waals surface area contributed by atoms with Crippen LogP contribution in [0.25, 0.3) is 6.08 Å². The van der Waals surface area contributed by atoms with Crippen molar-refractivity contribution in [3.8, 4) is 17.6 Å². The van der Waals surface area contributed by atoms with Crippen LogP contribution in [0, 0.1) is 11.3 Å². The third-order valence-electron chi connectivity index (χ3n) is 4.32. The van der Waals surface area contributed by atoms with Crippen LogP contribution < -0.4 is 14.8 Å². The molecule has 5 nitrogen and oxygen atoms in total. The van der Waals surface area contributed by atoms with Crippen LogP contribution in [-0.4, -0.2) is 13.0 Å². The Kier molecular flexibility index (Phi) is 8.02. The van der Waals surface area contributed by atoms with E-state index in [2.05, 4.69) is 5.32 Å². The quantitative estimate of drug-likeness (QED) is 0.294. The number of anilines is 1. The van der Waals surface area contributed by atoms with Gasteiger partial charge in [0.15, 0.2) is 11.5 Å². The molecule has 0 aliphatic heterocycles. The molecule has 3 aromatic carbocycles. The van der Waals surface area contributed by atoms with E-state index in [0.717, 1.165) is 5.56 Å². The predicted octanol–water partition coefficient (Wildman–Crippen LogP) is 6.78. The zero-order chi connectivity index (χ0) is 23.1. The molecule has 1 N–H and O–H groups in total. The maximum absolute atomic E-state index is 12.5. The summed E-state index contributed by atoms with van der Waals surface area (Å²) in [7, 11) is 1.51. The van der Waals surface area contributed by atoms with Gasteiger partial charge in [-0.25, -0.2) is 0 Å². The predicted molar refractivity (Wildman–Crippen MR) is 127 cm³/mol. The van der Waals surface area contributed by atoms with Gasteiger partial charge in [-0.05, 0) is 59.7 Å². The van der Waals surface area contributed by atoms with Crippen molar-refractivity contribution in [3.63, 3.8) is 0 Å². The van der Waals surface area contributed by atoms with Crippen molar-refractivity contribution in [1.29, 1.82) is 5.26 Å². The summed E-state index contributed by atoms with van der Waals surface area (Å²) in [4.78, 5) is 12.5. The fourth-order valence-corrected chi connectivity index (χ4v) is 3.33. The molecule has 32 heavy (non-hydrogen) atoms. The number of hydrogen-bond donors (Lipinski definition) is 1. The number of rotatable bonds is 7. The highest BCUT2D eigenvalue weighted by Crippen LogP contribution is 2.30. The van der Waals surface area contributed by atoms with Crippen molar-refractivity contribution in [3.05, 3.63) is 92.4 Å². The van der Waals surface area contributed by atoms with Gasteiger partial charge in [0.05, 0.1) is 17.8 Å². The fraction of sp³-hybridized carbons (Fsp3) is 0.0833. The van der Waals surface area contributed by atoms with E-state index in [1.165, 1.54) is 19.3 Å². The van der Waals surface area contributed by atoms with Gasteiger partial charge in [-0.3, -0.25) is 4.79 Å². The highest BCUT2D eigenvalue weighted by molar-refractivity contribution is 6.36. The molecule has 0 unspecified atom stereocenters. The van der Waals surface area contributed by atoms with Gasteiger partial charge in [-0.15, -0.1) is 0 Å². The lowest BCUT2D eigenvalue weighted by Gasteiger charge is -2.12. The van der Waals surface area contributed by atoms with Crippen LogP contribution in [-0.2, 0) is 11.4 Å². The van der Waals surface area contributed by atoms with E-state index in [9.17, 15) is 10.1 Å². The lowest BCUT2D eigenvalue weighted by molar-refractivity contribution is -0.112. The summed E-state index contributed by atoms with van der Waals surface area (Å²) in [6, 6.07) is 19.0. The highest BCUT2D eigenvalue weighted by Gasteiger charge is 2.13. The number of nitriles is 1. The van der Waals surface area contributed by atoms with Gasteiger partial charge in [0, 0.05) is 10.0 Å². The Bertz CT molecular complexity index is 1220. The van der Waals surface area contributed by atoms with E-state index < -0.39 is 5.91 Å². The third-order valence-corrected chi connectivity index (χ3v) is 5.12. The Labute approximate surface area is 200 Å². The van der Waals surface area contributed by atoms with E-state index in [4.69, 9.17) is 44.3 Å². The summed E-state index contributed by atoms with van der Waals surface area (Å²) in [5, 5.41) is 13.4. The molecular weight excluding hydrogens is 471 g/mol. The van der Waals surface area contributed by atoms with Crippen LogP contribution in [0.3, 0.4) is 0 Å². The first-order chi connectivity index (χ1) is 15.4. The van der Waals surface area contributed by atoms with Crippen molar-refractivity contribution in [1.82, 2.24) is 0 Å². The van der Waals surface area contributed by atoms with E-state index in [1.54, 1.807) is 36.4 Å². The first kappa shape index (κ1) is 23.5. The molecule has 0 saturated heterocycles. The van der Waals surface area contributed by atoms with Crippen molar-refractivity contribution >= 4 is 52.5 Å². The van der Waals surface area contributed by atoms with Crippen molar-refractivity contribution in [2.75, 3.05) is 12.4 Å². The second-order valence-corrected chi connectivity index (χ2v) is 7.86. The first-order valence-electron chi connectivity index (χ1n) is 9.33. The minimum absolute atomic E-state index is 0.115. The molecule has 3 rings (SSSR count). The Balaban J connectivity index is 1.77. The average molecular weight is 488 g/mol. The highest BCUT2D eigenvalue weighted by atomic mass is 35.5. The molecular formula is C24H17Cl3N2O3. The normalized spacial score (nSPS) is 10.9. The summed E-state index contributed by atoms with van der Waals surface area (Å²) < 4.78 is 11.2. The molecule has 0 aliphatic rings. The summed E-state index contributed by atoms with van der Waals surface area (Å²) in [5.41, 5.74) is 1.69. The number of methoxy groups -OCH3 is 1. The lowest BCUT2D eigenvalue weighted by atomic mass is 10.1. The van der Waals surface area contributed by atoms with E-state index in [-0.39, 0.29) is 5.57 Å². The van der Waals surface area contributed by atoms with Crippen LogP contribution in [0.4, 0.5) is 5.69 Å². The number of carbonyl (C=O) groups is 1. The van der Waals surface area contributed by atoms with Gasteiger partial charge in [0.1, 0.15) is 18.2 Å². The Morgan fingerprint density at radius 1 is 1.03 bits per heavy atom. The molecule has 0 aromatic heterocycles. The Morgan fingerprint density at radius 2 is 1.81 bits per heavy atom. The number of amides is 1. The maximum atomic E-state index is 12.5. The topological polar surface area (TPSA) is 71.3 Å². The second-order valence-electron chi connectivity index (χ2n) is 6.58. The minimum Gasteiger partial charge on any atom is -0.493 e. The number of hydrogen-bond acceptors (Lipinski definition) is 4. The van der Waals surface area contributed by atoms with Crippen LogP contribution in [0.15, 0.2) is 66.2 Å². The lowest BCUT2D eigenvalue weighted by Crippen LogP contribution is -2.13. The smallest absolute Gasteiger partial charge is 0.266 e. The molecule has 0 atom stereocenters. The minimum atomic E-state index is -0.614. The van der Waals surface area contributed by atoms with Gasteiger partial charge < -0.3 is 14.8 Å². The van der Waals surface area contributed by atoms with Gasteiger partial charge in [-0.2, -0.15) is 5.26 Å². The van der Waals surface area contributed by atoms with Crippen LogP contribution in [0.5, 0.6) is 11.5 Å². The number of ether oxygens (including phenoxy) is 2. The number of carbonyl (C=O) groups excluding carboxylic acids is 1. The summed E-state index contributed by atoms with van der Waals surface area (Å²) in [6.07, 6.45) is 1.44. The van der Waals surface area contributed by atoms with Crippen LogP contribution >= 0.6 is 34.8 Å². The number of halogens is 3. The first-order valence-corrected chi connectivity index (χ1v) is 10.5. The molecule has 1 amide bonds. The molecule has 0 radical (unpaired) electrons. The second kappa shape index (κ2) is 10.9. The van der Waals surface area contributed by atoms with Crippen molar-refractivity contribution < 1.29 is 14.3 Å². The maximum Gasteiger partial charge on any atom is 0.266 e. The molecule has 0 bridgehead atoms. The number of benzene rings is 3. The molecule has 8 heteroatoms. The number of nitrogens with zero attached hydrogens (tertiary/aromatic N) is 1. The third kappa shape index (κ3) is 6.18. The molecule has 162 valence electrons. The summed E-state index contributed by atoms with van der Waals surface area (Å²) in [6.45, 7) is 0.304. The zero-order valence-electron chi connectivity index (χ0n) is 16.9. The van der Waals surface area contributed by atoms with Gasteiger partial charge >= 0.3 is 0 Å². The molecule has 3 aromatic rings.